The molecule has 2 aromatic heterocycles. The molecule has 0 radical (unpaired) electrons. The van der Waals surface area contributed by atoms with Crippen molar-refractivity contribution in [2.24, 2.45) is 0 Å². The number of ether oxygens (including phenoxy) is 3. The number of thiophene rings is 1. The molecule has 1 amide bonds. The highest BCUT2D eigenvalue weighted by Gasteiger charge is 2.49. The van der Waals surface area contributed by atoms with Crippen LogP contribution in [0.3, 0.4) is 0 Å². The number of nitrogens with one attached hydrogen (secondary N) is 2. The summed E-state index contributed by atoms with van der Waals surface area (Å²) in [5, 5.41) is 8.13. The Hall–Kier alpha value is -3.01. The maximum atomic E-state index is 12.5. The van der Waals surface area contributed by atoms with E-state index in [0.717, 1.165) is 10.6 Å². The zero-order valence-corrected chi connectivity index (χ0v) is 20.2. The van der Waals surface area contributed by atoms with Crippen LogP contribution in [-0.4, -0.2) is 53.6 Å². The molecule has 2 aliphatic rings. The largest absolute Gasteiger partial charge is 0.441 e. The van der Waals surface area contributed by atoms with E-state index in [-0.39, 0.29) is 30.3 Å². The lowest BCUT2D eigenvalue weighted by Crippen LogP contribution is -2.38. The summed E-state index contributed by atoms with van der Waals surface area (Å²) >= 11 is 1.63. The van der Waals surface area contributed by atoms with Crippen molar-refractivity contribution < 1.29 is 19.0 Å². The molecule has 0 saturated carbocycles. The number of hydrogen-bond acceptors (Lipinski definition) is 8. The Kier molecular flexibility index (Phi) is 6.24. The van der Waals surface area contributed by atoms with Gasteiger partial charge in [0, 0.05) is 11.9 Å². The maximum absolute atomic E-state index is 12.5. The molecule has 0 unspecified atom stereocenters. The minimum absolute atomic E-state index is 0.0515. The summed E-state index contributed by atoms with van der Waals surface area (Å²) in [7, 11) is 0. The van der Waals surface area contributed by atoms with Gasteiger partial charge in [-0.05, 0) is 40.6 Å². The van der Waals surface area contributed by atoms with Gasteiger partial charge in [0.15, 0.2) is 6.10 Å². The average molecular weight is 481 g/mol. The first-order valence-electron chi connectivity index (χ1n) is 11.3. The van der Waals surface area contributed by atoms with Gasteiger partial charge in [-0.2, -0.15) is 0 Å². The number of fused-ring (bicyclic) bond motifs is 1. The summed E-state index contributed by atoms with van der Waals surface area (Å²) in [6.07, 6.45) is 0.135. The highest BCUT2D eigenvalue weighted by atomic mass is 32.1. The third-order valence-electron chi connectivity index (χ3n) is 6.01. The van der Waals surface area contributed by atoms with E-state index in [2.05, 4.69) is 41.4 Å². The molecular formula is C25H28N4O4S. The molecule has 0 aliphatic carbocycles. The van der Waals surface area contributed by atoms with Crippen molar-refractivity contribution in [3.8, 4) is 10.6 Å². The Morgan fingerprint density at radius 2 is 1.88 bits per heavy atom. The third kappa shape index (κ3) is 4.91. The maximum Gasteiger partial charge on any atom is 0.412 e. The fourth-order valence-electron chi connectivity index (χ4n) is 4.18. The molecule has 2 fully saturated rings. The highest BCUT2D eigenvalue weighted by Crippen LogP contribution is 2.31. The molecule has 0 spiro atoms. The normalized spacial score (nSPS) is 24.0. The van der Waals surface area contributed by atoms with E-state index in [1.165, 1.54) is 5.56 Å². The standard InChI is InChI=1S/C25H28N4O4S/c1-25(2,3)15-6-8-16(9-7-15)27-24(30)33-19-14-32-21-18(13-31-22(19)21)29-23-26-11-10-17(28-23)20-5-4-12-34-20/h4-12,18-19,21-22H,13-14H2,1-3H3,(H,27,30)(H,26,28,29)/t18-,19-,21-,22+/m0/s1. The molecule has 9 heteroatoms. The van der Waals surface area contributed by atoms with Crippen molar-refractivity contribution in [3.05, 3.63) is 59.6 Å². The summed E-state index contributed by atoms with van der Waals surface area (Å²) < 4.78 is 17.5. The minimum atomic E-state index is -0.523. The lowest BCUT2D eigenvalue weighted by Gasteiger charge is -2.20. The van der Waals surface area contributed by atoms with Crippen LogP contribution in [0.5, 0.6) is 0 Å². The van der Waals surface area contributed by atoms with Crippen molar-refractivity contribution in [3.63, 3.8) is 0 Å². The molecule has 3 aromatic rings. The highest BCUT2D eigenvalue weighted by molar-refractivity contribution is 7.13. The number of benzene rings is 1. The molecule has 2 aliphatic heterocycles. The molecule has 178 valence electrons. The van der Waals surface area contributed by atoms with Crippen LogP contribution in [0.15, 0.2) is 54.0 Å². The summed E-state index contributed by atoms with van der Waals surface area (Å²) in [4.78, 5) is 22.5. The van der Waals surface area contributed by atoms with E-state index in [9.17, 15) is 4.79 Å². The number of amides is 1. The van der Waals surface area contributed by atoms with Gasteiger partial charge in [-0.3, -0.25) is 5.32 Å². The predicted molar refractivity (Wildman–Crippen MR) is 131 cm³/mol. The molecule has 4 atom stereocenters. The topological polar surface area (TPSA) is 94.6 Å². The predicted octanol–water partition coefficient (Wildman–Crippen LogP) is 4.70. The van der Waals surface area contributed by atoms with Gasteiger partial charge in [0.05, 0.1) is 29.8 Å². The molecule has 4 heterocycles. The molecule has 1 aromatic carbocycles. The van der Waals surface area contributed by atoms with Crippen LogP contribution < -0.4 is 10.6 Å². The molecule has 0 bridgehead atoms. The number of carbonyl (C=O) groups is 1. The van der Waals surface area contributed by atoms with Gasteiger partial charge >= 0.3 is 6.09 Å². The van der Waals surface area contributed by atoms with E-state index >= 15 is 0 Å². The number of rotatable bonds is 5. The second kappa shape index (κ2) is 9.32. The second-order valence-electron chi connectivity index (χ2n) is 9.49. The summed E-state index contributed by atoms with van der Waals surface area (Å²) in [5.74, 6) is 0.518. The van der Waals surface area contributed by atoms with Crippen molar-refractivity contribution in [1.82, 2.24) is 9.97 Å². The molecular weight excluding hydrogens is 452 g/mol. The van der Waals surface area contributed by atoms with E-state index in [0.29, 0.717) is 18.2 Å². The van der Waals surface area contributed by atoms with Crippen molar-refractivity contribution in [2.45, 2.75) is 50.5 Å². The zero-order chi connectivity index (χ0) is 23.7. The van der Waals surface area contributed by atoms with Crippen LogP contribution in [0, 0.1) is 0 Å². The minimum Gasteiger partial charge on any atom is -0.441 e. The van der Waals surface area contributed by atoms with Crippen molar-refractivity contribution >= 4 is 29.1 Å². The van der Waals surface area contributed by atoms with Crippen LogP contribution in [-0.2, 0) is 19.6 Å². The smallest absolute Gasteiger partial charge is 0.412 e. The molecule has 2 saturated heterocycles. The van der Waals surface area contributed by atoms with Crippen LogP contribution >= 0.6 is 11.3 Å². The van der Waals surface area contributed by atoms with Gasteiger partial charge in [0.25, 0.3) is 0 Å². The second-order valence-corrected chi connectivity index (χ2v) is 10.4. The first-order chi connectivity index (χ1) is 16.4. The molecule has 2 N–H and O–H groups in total. The summed E-state index contributed by atoms with van der Waals surface area (Å²) in [6.45, 7) is 7.14. The monoisotopic (exact) mass is 480 g/mol. The summed E-state index contributed by atoms with van der Waals surface area (Å²) in [6, 6.07) is 13.6. The van der Waals surface area contributed by atoms with E-state index < -0.39 is 12.2 Å². The van der Waals surface area contributed by atoms with Gasteiger partial charge in [-0.25, -0.2) is 14.8 Å². The lowest BCUT2D eigenvalue weighted by atomic mass is 9.87. The molecule has 34 heavy (non-hydrogen) atoms. The zero-order valence-electron chi connectivity index (χ0n) is 19.4. The average Bonchev–Trinajstić information content (AvgIpc) is 3.54. The van der Waals surface area contributed by atoms with E-state index in [1.807, 2.05) is 47.8 Å². The molecule has 8 nitrogen and oxygen atoms in total. The lowest BCUT2D eigenvalue weighted by molar-refractivity contribution is 0.00917. The number of aromatic nitrogens is 2. The van der Waals surface area contributed by atoms with Gasteiger partial charge in [0.2, 0.25) is 5.95 Å². The van der Waals surface area contributed by atoms with Crippen LogP contribution in [0.1, 0.15) is 26.3 Å². The number of anilines is 2. The Morgan fingerprint density at radius 1 is 1.09 bits per heavy atom. The van der Waals surface area contributed by atoms with Crippen LogP contribution in [0.4, 0.5) is 16.4 Å². The Labute approximate surface area is 202 Å². The van der Waals surface area contributed by atoms with Gasteiger partial charge in [0.1, 0.15) is 12.2 Å². The van der Waals surface area contributed by atoms with E-state index in [4.69, 9.17) is 14.2 Å². The molecule has 5 rings (SSSR count). The Balaban J connectivity index is 1.16. The number of hydrogen-bond donors (Lipinski definition) is 2. The SMILES string of the molecule is CC(C)(C)c1ccc(NC(=O)O[C@H]2CO[C@@H]3[C@@H]2OC[C@@H]3Nc2nccc(-c3cccs3)n2)cc1. The van der Waals surface area contributed by atoms with Gasteiger partial charge < -0.3 is 19.5 Å². The first kappa shape index (κ1) is 22.8. The van der Waals surface area contributed by atoms with Crippen LogP contribution in [0.25, 0.3) is 10.6 Å². The first-order valence-corrected chi connectivity index (χ1v) is 12.2. The van der Waals surface area contributed by atoms with Crippen LogP contribution in [0.2, 0.25) is 0 Å². The van der Waals surface area contributed by atoms with E-state index in [1.54, 1.807) is 17.5 Å². The number of carbonyl (C=O) groups excluding carboxylic acids is 1. The fraction of sp³-hybridized carbons (Fsp3) is 0.400. The fourth-order valence-corrected chi connectivity index (χ4v) is 4.88. The third-order valence-corrected chi connectivity index (χ3v) is 6.90. The van der Waals surface area contributed by atoms with Crippen molar-refractivity contribution in [1.29, 1.82) is 0 Å². The quantitative estimate of drug-likeness (QED) is 0.547. The summed E-state index contributed by atoms with van der Waals surface area (Å²) in [5.41, 5.74) is 2.80. The number of nitrogens with zero attached hydrogens (tertiary/aromatic N) is 2. The van der Waals surface area contributed by atoms with Gasteiger partial charge in [-0.15, -0.1) is 11.3 Å². The Morgan fingerprint density at radius 3 is 2.62 bits per heavy atom. The van der Waals surface area contributed by atoms with Gasteiger partial charge in [-0.1, -0.05) is 39.0 Å². The van der Waals surface area contributed by atoms with Crippen molar-refractivity contribution in [2.75, 3.05) is 23.8 Å². The Bertz CT molecular complexity index is 1130.